The van der Waals surface area contributed by atoms with Crippen molar-refractivity contribution < 1.29 is 0 Å². The zero-order chi connectivity index (χ0) is 13.8. The molecule has 0 bridgehead atoms. The number of anilines is 1. The second kappa shape index (κ2) is 6.73. The molecule has 106 valence electrons. The number of nitrogen functional groups attached to an aromatic ring is 1. The largest absolute Gasteiger partial charge is 0.398 e. The molecule has 1 heterocycles. The minimum atomic E-state index is 0.725. The minimum absolute atomic E-state index is 0.725. The third-order valence-electron chi connectivity index (χ3n) is 3.94. The third-order valence-corrected chi connectivity index (χ3v) is 4.66. The first-order valence-electron chi connectivity index (χ1n) is 7.06. The predicted octanol–water partition coefficient (Wildman–Crippen LogP) is 2.95. The molecule has 2 N–H and O–H groups in total. The lowest BCUT2D eigenvalue weighted by Gasteiger charge is -2.27. The summed E-state index contributed by atoms with van der Waals surface area (Å²) >= 11 is 3.44. The lowest BCUT2D eigenvalue weighted by Crippen LogP contribution is -2.38. The molecule has 2 rings (SSSR count). The normalized spacial score (nSPS) is 20.3. The molecule has 0 spiro atoms. The molecule has 1 atom stereocenters. The topological polar surface area (TPSA) is 32.5 Å². The Morgan fingerprint density at radius 1 is 1.47 bits per heavy atom. The van der Waals surface area contributed by atoms with Crippen molar-refractivity contribution >= 4 is 21.6 Å². The summed E-state index contributed by atoms with van der Waals surface area (Å²) in [6, 6.07) is 6.96. The van der Waals surface area contributed by atoms with Crippen molar-refractivity contribution in [3.63, 3.8) is 0 Å². The van der Waals surface area contributed by atoms with Gasteiger partial charge in [-0.1, -0.05) is 13.0 Å². The maximum atomic E-state index is 5.93. The van der Waals surface area contributed by atoms with Crippen LogP contribution in [-0.2, 0) is 6.54 Å². The number of halogens is 1. The maximum Gasteiger partial charge on any atom is 0.0461 e. The number of nitrogens with zero attached hydrogens (tertiary/aromatic N) is 2. The minimum Gasteiger partial charge on any atom is -0.398 e. The van der Waals surface area contributed by atoms with E-state index >= 15 is 0 Å². The Kier molecular flexibility index (Phi) is 5.25. The molecule has 1 aliphatic rings. The summed E-state index contributed by atoms with van der Waals surface area (Å²) in [7, 11) is 2.20. The number of benzene rings is 1. The van der Waals surface area contributed by atoms with Gasteiger partial charge in [0.15, 0.2) is 0 Å². The zero-order valence-corrected chi connectivity index (χ0v) is 13.5. The standard InChI is InChI=1S/C15H24BrN3/c1-3-19-8-4-5-13(19)11-18(2)10-12-6-7-14(16)15(17)9-12/h6-7,9,13H,3-5,8,10-11,17H2,1-2H3. The van der Waals surface area contributed by atoms with E-state index in [4.69, 9.17) is 5.73 Å². The van der Waals surface area contributed by atoms with Gasteiger partial charge in [-0.2, -0.15) is 0 Å². The van der Waals surface area contributed by atoms with Crippen LogP contribution in [0.2, 0.25) is 0 Å². The summed E-state index contributed by atoms with van der Waals surface area (Å²) in [4.78, 5) is 4.99. The van der Waals surface area contributed by atoms with Gasteiger partial charge in [0.2, 0.25) is 0 Å². The molecular weight excluding hydrogens is 302 g/mol. The molecule has 0 aromatic heterocycles. The first kappa shape index (κ1) is 14.8. The molecule has 0 saturated carbocycles. The van der Waals surface area contributed by atoms with Crippen LogP contribution >= 0.6 is 15.9 Å². The molecule has 19 heavy (non-hydrogen) atoms. The highest BCUT2D eigenvalue weighted by atomic mass is 79.9. The fraction of sp³-hybridized carbons (Fsp3) is 0.600. The molecule has 1 aromatic carbocycles. The van der Waals surface area contributed by atoms with E-state index in [1.807, 2.05) is 6.07 Å². The van der Waals surface area contributed by atoms with Crippen LogP contribution < -0.4 is 5.73 Å². The highest BCUT2D eigenvalue weighted by Gasteiger charge is 2.23. The summed E-state index contributed by atoms with van der Waals surface area (Å²) in [5.41, 5.74) is 8.03. The predicted molar refractivity (Wildman–Crippen MR) is 85.2 cm³/mol. The number of likely N-dealkylation sites (tertiary alicyclic amines) is 1. The summed E-state index contributed by atoms with van der Waals surface area (Å²) in [6.45, 7) is 6.80. The van der Waals surface area contributed by atoms with Gasteiger partial charge in [0.25, 0.3) is 0 Å². The Morgan fingerprint density at radius 3 is 2.95 bits per heavy atom. The van der Waals surface area contributed by atoms with Gasteiger partial charge in [-0.3, -0.25) is 4.90 Å². The van der Waals surface area contributed by atoms with Crippen LogP contribution in [0, 0.1) is 0 Å². The van der Waals surface area contributed by atoms with Gasteiger partial charge in [0.05, 0.1) is 0 Å². The smallest absolute Gasteiger partial charge is 0.0461 e. The van der Waals surface area contributed by atoms with Crippen molar-refractivity contribution in [2.75, 3.05) is 32.4 Å². The Labute approximate surface area is 124 Å². The number of hydrogen-bond acceptors (Lipinski definition) is 3. The van der Waals surface area contributed by atoms with Gasteiger partial charge in [0.1, 0.15) is 0 Å². The van der Waals surface area contributed by atoms with Crippen molar-refractivity contribution in [3.8, 4) is 0 Å². The first-order valence-corrected chi connectivity index (χ1v) is 7.86. The molecule has 1 fully saturated rings. The fourth-order valence-electron chi connectivity index (χ4n) is 2.95. The summed E-state index contributed by atoms with van der Waals surface area (Å²) in [5.74, 6) is 0. The Balaban J connectivity index is 1.90. The van der Waals surface area contributed by atoms with Gasteiger partial charge < -0.3 is 10.6 Å². The molecule has 1 unspecified atom stereocenters. The van der Waals surface area contributed by atoms with E-state index in [2.05, 4.69) is 51.8 Å². The van der Waals surface area contributed by atoms with Crippen LogP contribution in [0.15, 0.2) is 22.7 Å². The van der Waals surface area contributed by atoms with E-state index in [-0.39, 0.29) is 0 Å². The molecule has 1 aromatic rings. The molecule has 0 radical (unpaired) electrons. The molecule has 0 amide bonds. The van der Waals surface area contributed by atoms with Gasteiger partial charge in [-0.15, -0.1) is 0 Å². The van der Waals surface area contributed by atoms with Gasteiger partial charge in [0, 0.05) is 29.3 Å². The lowest BCUT2D eigenvalue weighted by atomic mass is 10.1. The van der Waals surface area contributed by atoms with E-state index in [1.54, 1.807) is 0 Å². The van der Waals surface area contributed by atoms with Crippen molar-refractivity contribution in [1.82, 2.24) is 9.80 Å². The third kappa shape index (κ3) is 3.94. The van der Waals surface area contributed by atoms with E-state index in [0.717, 1.165) is 29.3 Å². The molecule has 4 heteroatoms. The van der Waals surface area contributed by atoms with Crippen molar-refractivity contribution in [3.05, 3.63) is 28.2 Å². The first-order chi connectivity index (χ1) is 9.10. The van der Waals surface area contributed by atoms with Crippen LogP contribution in [0.4, 0.5) is 5.69 Å². The van der Waals surface area contributed by atoms with Crippen LogP contribution in [-0.4, -0.2) is 42.5 Å². The second-order valence-corrected chi connectivity index (χ2v) is 6.33. The van der Waals surface area contributed by atoms with Crippen LogP contribution in [0.3, 0.4) is 0 Å². The average Bonchev–Trinajstić information content (AvgIpc) is 2.81. The Morgan fingerprint density at radius 2 is 2.26 bits per heavy atom. The van der Waals surface area contributed by atoms with Crippen LogP contribution in [0.1, 0.15) is 25.3 Å². The zero-order valence-electron chi connectivity index (χ0n) is 11.9. The van der Waals surface area contributed by atoms with E-state index in [0.29, 0.717) is 0 Å². The van der Waals surface area contributed by atoms with E-state index < -0.39 is 0 Å². The molecular formula is C15H24BrN3. The molecule has 1 saturated heterocycles. The van der Waals surface area contributed by atoms with Gasteiger partial charge in [-0.25, -0.2) is 0 Å². The maximum absolute atomic E-state index is 5.93. The van der Waals surface area contributed by atoms with Gasteiger partial charge >= 0.3 is 0 Å². The van der Waals surface area contributed by atoms with Crippen LogP contribution in [0.5, 0.6) is 0 Å². The lowest BCUT2D eigenvalue weighted by molar-refractivity contribution is 0.195. The van der Waals surface area contributed by atoms with Crippen LogP contribution in [0.25, 0.3) is 0 Å². The highest BCUT2D eigenvalue weighted by Crippen LogP contribution is 2.22. The number of rotatable bonds is 5. The average molecular weight is 326 g/mol. The monoisotopic (exact) mass is 325 g/mol. The molecule has 3 nitrogen and oxygen atoms in total. The van der Waals surface area contributed by atoms with E-state index in [9.17, 15) is 0 Å². The Bertz CT molecular complexity index is 422. The number of hydrogen-bond donors (Lipinski definition) is 1. The van der Waals surface area contributed by atoms with Crippen molar-refractivity contribution in [2.45, 2.75) is 32.4 Å². The Hall–Kier alpha value is -0.580. The number of likely N-dealkylation sites (N-methyl/N-ethyl adjacent to an activating group) is 2. The summed E-state index contributed by atoms with van der Waals surface area (Å²) < 4.78 is 0.979. The molecule has 1 aliphatic heterocycles. The van der Waals surface area contributed by atoms with Crippen molar-refractivity contribution in [1.29, 1.82) is 0 Å². The van der Waals surface area contributed by atoms with Crippen molar-refractivity contribution in [2.24, 2.45) is 0 Å². The highest BCUT2D eigenvalue weighted by molar-refractivity contribution is 9.10. The summed E-state index contributed by atoms with van der Waals surface area (Å²) in [5, 5.41) is 0. The fourth-order valence-corrected chi connectivity index (χ4v) is 3.19. The number of nitrogens with two attached hydrogens (primary N) is 1. The van der Waals surface area contributed by atoms with E-state index in [1.165, 1.54) is 31.5 Å². The second-order valence-electron chi connectivity index (χ2n) is 5.48. The summed E-state index contributed by atoms with van der Waals surface area (Å²) in [6.07, 6.45) is 2.68. The van der Waals surface area contributed by atoms with Gasteiger partial charge in [-0.05, 0) is 66.6 Å². The quantitative estimate of drug-likeness (QED) is 0.845. The molecule has 0 aliphatic carbocycles. The SMILES string of the molecule is CCN1CCCC1CN(C)Cc1ccc(Br)c(N)c1.